The second-order valence-electron chi connectivity index (χ2n) is 7.71. The second kappa shape index (κ2) is 10.6. The first-order valence-corrected chi connectivity index (χ1v) is 10.3. The van der Waals surface area contributed by atoms with Crippen molar-refractivity contribution >= 4 is 23.5 Å². The Hall–Kier alpha value is -3.42. The maximum atomic E-state index is 13.7. The van der Waals surface area contributed by atoms with Gasteiger partial charge in [0.25, 0.3) is 5.91 Å². The van der Waals surface area contributed by atoms with Crippen molar-refractivity contribution in [3.63, 3.8) is 0 Å². The van der Waals surface area contributed by atoms with Gasteiger partial charge in [-0.05, 0) is 49.9 Å². The summed E-state index contributed by atoms with van der Waals surface area (Å²) in [6, 6.07) is 12.9. The van der Waals surface area contributed by atoms with E-state index in [9.17, 15) is 18.8 Å². The summed E-state index contributed by atoms with van der Waals surface area (Å²) < 4.78 is 13.7. The topological polar surface area (TPSA) is 90.5 Å². The van der Waals surface area contributed by atoms with Crippen molar-refractivity contribution in [1.29, 1.82) is 0 Å². The molecule has 1 atom stereocenters. The zero-order chi connectivity index (χ0) is 22.2. The summed E-state index contributed by atoms with van der Waals surface area (Å²) in [6.45, 7) is 3.33. The van der Waals surface area contributed by atoms with E-state index in [1.807, 2.05) is 31.2 Å². The van der Waals surface area contributed by atoms with Crippen molar-refractivity contribution in [2.75, 3.05) is 31.5 Å². The third-order valence-electron chi connectivity index (χ3n) is 5.25. The quantitative estimate of drug-likeness (QED) is 0.663. The van der Waals surface area contributed by atoms with Crippen LogP contribution in [0.15, 0.2) is 48.5 Å². The number of likely N-dealkylation sites (tertiary alicyclic amines) is 1. The summed E-state index contributed by atoms with van der Waals surface area (Å²) in [6.07, 6.45) is 1.72. The number of nitrogens with zero attached hydrogens (tertiary/aromatic N) is 1. The highest BCUT2D eigenvalue weighted by Crippen LogP contribution is 2.16. The predicted molar refractivity (Wildman–Crippen MR) is 116 cm³/mol. The van der Waals surface area contributed by atoms with Crippen LogP contribution in [0.1, 0.15) is 28.8 Å². The SMILES string of the molecule is Cc1ccc(NC(=O)NCC2CCCN(C(=O)CNC(=O)c3ccccc3F)C2)cc1. The number of anilines is 1. The number of carbonyl (C=O) groups excluding carboxylic acids is 3. The number of amides is 4. The fourth-order valence-corrected chi connectivity index (χ4v) is 3.52. The number of aryl methyl sites for hydroxylation is 1. The van der Waals surface area contributed by atoms with Crippen LogP contribution in [0.3, 0.4) is 0 Å². The first-order chi connectivity index (χ1) is 14.9. The van der Waals surface area contributed by atoms with E-state index in [0.717, 1.165) is 18.4 Å². The molecular weight excluding hydrogens is 399 g/mol. The zero-order valence-electron chi connectivity index (χ0n) is 17.5. The lowest BCUT2D eigenvalue weighted by Crippen LogP contribution is -2.47. The summed E-state index contributed by atoms with van der Waals surface area (Å²) in [5.74, 6) is -1.34. The van der Waals surface area contributed by atoms with Crippen molar-refractivity contribution in [3.8, 4) is 0 Å². The molecule has 1 unspecified atom stereocenters. The average molecular weight is 426 g/mol. The molecule has 1 saturated heterocycles. The van der Waals surface area contributed by atoms with Crippen LogP contribution < -0.4 is 16.0 Å². The molecule has 8 heteroatoms. The van der Waals surface area contributed by atoms with Gasteiger partial charge in [-0.1, -0.05) is 29.8 Å². The fourth-order valence-electron chi connectivity index (χ4n) is 3.52. The molecule has 2 aromatic rings. The minimum Gasteiger partial charge on any atom is -0.343 e. The molecule has 4 amide bonds. The van der Waals surface area contributed by atoms with E-state index < -0.39 is 11.7 Å². The number of benzene rings is 2. The van der Waals surface area contributed by atoms with Crippen molar-refractivity contribution in [2.24, 2.45) is 5.92 Å². The summed E-state index contributed by atoms with van der Waals surface area (Å²) in [5.41, 5.74) is 1.74. The first-order valence-electron chi connectivity index (χ1n) is 10.3. The Kier molecular flexibility index (Phi) is 7.59. The van der Waals surface area contributed by atoms with Gasteiger partial charge in [0.05, 0.1) is 12.1 Å². The lowest BCUT2D eigenvalue weighted by atomic mass is 9.98. The number of nitrogens with one attached hydrogen (secondary N) is 3. The van der Waals surface area contributed by atoms with Crippen LogP contribution in [-0.4, -0.2) is 48.9 Å². The van der Waals surface area contributed by atoms with Crippen LogP contribution in [0, 0.1) is 18.7 Å². The van der Waals surface area contributed by atoms with Gasteiger partial charge in [0.15, 0.2) is 0 Å². The van der Waals surface area contributed by atoms with Gasteiger partial charge in [-0.25, -0.2) is 9.18 Å². The summed E-state index contributed by atoms with van der Waals surface area (Å²) >= 11 is 0. The average Bonchev–Trinajstić information content (AvgIpc) is 2.78. The van der Waals surface area contributed by atoms with Gasteiger partial charge in [-0.15, -0.1) is 0 Å². The highest BCUT2D eigenvalue weighted by atomic mass is 19.1. The number of hydrogen-bond donors (Lipinski definition) is 3. The Morgan fingerprint density at radius 2 is 1.81 bits per heavy atom. The van der Waals surface area contributed by atoms with Crippen LogP contribution in [-0.2, 0) is 4.79 Å². The number of halogens is 1. The van der Waals surface area contributed by atoms with Crippen molar-refractivity contribution in [1.82, 2.24) is 15.5 Å². The van der Waals surface area contributed by atoms with E-state index in [1.54, 1.807) is 11.0 Å². The Morgan fingerprint density at radius 3 is 2.55 bits per heavy atom. The largest absolute Gasteiger partial charge is 0.343 e. The van der Waals surface area contributed by atoms with Gasteiger partial charge in [0, 0.05) is 25.3 Å². The summed E-state index contributed by atoms with van der Waals surface area (Å²) in [5, 5.41) is 8.12. The molecule has 0 bridgehead atoms. The smallest absolute Gasteiger partial charge is 0.319 e. The minimum atomic E-state index is -0.625. The molecule has 0 aromatic heterocycles. The Morgan fingerprint density at radius 1 is 1.06 bits per heavy atom. The maximum absolute atomic E-state index is 13.7. The molecular formula is C23H27FN4O3. The molecule has 2 aromatic carbocycles. The molecule has 0 radical (unpaired) electrons. The third kappa shape index (κ3) is 6.53. The highest BCUT2D eigenvalue weighted by Gasteiger charge is 2.24. The van der Waals surface area contributed by atoms with Gasteiger partial charge >= 0.3 is 6.03 Å². The van der Waals surface area contributed by atoms with Crippen molar-refractivity contribution in [3.05, 3.63) is 65.5 Å². The number of carbonyl (C=O) groups is 3. The van der Waals surface area contributed by atoms with Gasteiger partial charge < -0.3 is 20.9 Å². The first kappa shape index (κ1) is 22.3. The van der Waals surface area contributed by atoms with Crippen molar-refractivity contribution < 1.29 is 18.8 Å². The Labute approximate surface area is 181 Å². The van der Waals surface area contributed by atoms with Gasteiger partial charge in [-0.2, -0.15) is 0 Å². The standard InChI is InChI=1S/C23H27FN4O3/c1-16-8-10-18(11-9-16)27-23(31)26-13-17-5-4-12-28(15-17)21(29)14-25-22(30)19-6-2-3-7-20(19)24/h2-3,6-11,17H,4-5,12-15H2,1H3,(H,25,30)(H2,26,27,31). The fraction of sp³-hybridized carbons (Fsp3) is 0.348. The van der Waals surface area contributed by atoms with Crippen LogP contribution >= 0.6 is 0 Å². The molecule has 7 nitrogen and oxygen atoms in total. The van der Waals surface area contributed by atoms with E-state index in [-0.39, 0.29) is 30.0 Å². The minimum absolute atomic E-state index is 0.0874. The van der Waals surface area contributed by atoms with Crippen LogP contribution in [0.4, 0.5) is 14.9 Å². The maximum Gasteiger partial charge on any atom is 0.319 e. The molecule has 0 saturated carbocycles. The van der Waals surface area contributed by atoms with Gasteiger partial charge in [0.1, 0.15) is 5.82 Å². The Bertz CT molecular complexity index is 933. The van der Waals surface area contributed by atoms with Crippen molar-refractivity contribution in [2.45, 2.75) is 19.8 Å². The monoisotopic (exact) mass is 426 g/mol. The zero-order valence-corrected chi connectivity index (χ0v) is 17.5. The highest BCUT2D eigenvalue weighted by molar-refractivity contribution is 5.96. The second-order valence-corrected chi connectivity index (χ2v) is 7.71. The molecule has 1 aliphatic rings. The molecule has 164 valence electrons. The normalized spacial score (nSPS) is 15.8. The molecule has 1 aliphatic heterocycles. The number of piperidine rings is 1. The molecule has 1 heterocycles. The molecule has 31 heavy (non-hydrogen) atoms. The van der Waals surface area contributed by atoms with Crippen LogP contribution in [0.2, 0.25) is 0 Å². The lowest BCUT2D eigenvalue weighted by Gasteiger charge is -2.33. The summed E-state index contributed by atoms with van der Waals surface area (Å²) in [4.78, 5) is 38.4. The van der Waals surface area contributed by atoms with Gasteiger partial charge in [-0.3, -0.25) is 9.59 Å². The molecule has 0 spiro atoms. The third-order valence-corrected chi connectivity index (χ3v) is 5.25. The Balaban J connectivity index is 1.42. The van der Waals surface area contributed by atoms with E-state index in [4.69, 9.17) is 0 Å². The van der Waals surface area contributed by atoms with E-state index in [2.05, 4.69) is 16.0 Å². The van der Waals surface area contributed by atoms with E-state index in [0.29, 0.717) is 25.3 Å². The van der Waals surface area contributed by atoms with Gasteiger partial charge in [0.2, 0.25) is 5.91 Å². The number of urea groups is 1. The van der Waals surface area contributed by atoms with E-state index in [1.165, 1.54) is 18.2 Å². The number of rotatable bonds is 6. The lowest BCUT2D eigenvalue weighted by molar-refractivity contribution is -0.131. The summed E-state index contributed by atoms with van der Waals surface area (Å²) in [7, 11) is 0. The molecule has 3 rings (SSSR count). The molecule has 3 N–H and O–H groups in total. The molecule has 1 fully saturated rings. The molecule has 0 aliphatic carbocycles. The van der Waals surface area contributed by atoms with E-state index >= 15 is 0 Å². The predicted octanol–water partition coefficient (Wildman–Crippen LogP) is 2.92. The van der Waals surface area contributed by atoms with Crippen LogP contribution in [0.5, 0.6) is 0 Å². The number of hydrogen-bond acceptors (Lipinski definition) is 3. The van der Waals surface area contributed by atoms with Crippen LogP contribution in [0.25, 0.3) is 0 Å².